The van der Waals surface area contributed by atoms with Gasteiger partial charge in [0.25, 0.3) is 0 Å². The molecule has 0 bridgehead atoms. The van der Waals surface area contributed by atoms with Gasteiger partial charge in [-0.25, -0.2) is 4.79 Å². The van der Waals surface area contributed by atoms with Crippen molar-refractivity contribution in [2.45, 2.75) is 59.1 Å². The van der Waals surface area contributed by atoms with E-state index in [1.807, 2.05) is 46.8 Å². The molecule has 8 heteroatoms. The van der Waals surface area contributed by atoms with Crippen LogP contribution in [0.4, 0.5) is 4.79 Å². The predicted octanol–water partition coefficient (Wildman–Crippen LogP) is 3.64. The quantitative estimate of drug-likeness (QED) is 0.328. The summed E-state index contributed by atoms with van der Waals surface area (Å²) in [6.07, 6.45) is 2.93. The molecule has 0 radical (unpaired) electrons. The van der Waals surface area contributed by atoms with Crippen LogP contribution in [-0.4, -0.2) is 55.3 Å². The zero-order valence-electron chi connectivity index (χ0n) is 17.4. The van der Waals surface area contributed by atoms with Crippen molar-refractivity contribution in [2.24, 2.45) is 4.99 Å². The zero-order chi connectivity index (χ0) is 19.6. The molecule has 1 atom stereocenters. The van der Waals surface area contributed by atoms with E-state index in [1.54, 1.807) is 18.2 Å². The summed E-state index contributed by atoms with van der Waals surface area (Å²) in [5, 5.41) is 6.51. The predicted molar refractivity (Wildman–Crippen MR) is 120 cm³/mol. The van der Waals surface area contributed by atoms with Crippen LogP contribution in [0.15, 0.2) is 27.8 Å². The molecule has 0 saturated heterocycles. The van der Waals surface area contributed by atoms with Crippen LogP contribution in [0, 0.1) is 0 Å². The van der Waals surface area contributed by atoms with Crippen LogP contribution in [0.5, 0.6) is 0 Å². The third-order valence-corrected chi connectivity index (χ3v) is 3.75. The van der Waals surface area contributed by atoms with Gasteiger partial charge in [0.15, 0.2) is 5.96 Å². The number of nitrogens with one attached hydrogen (secondary N) is 2. The minimum Gasteiger partial charge on any atom is -0.469 e. The van der Waals surface area contributed by atoms with E-state index < -0.39 is 5.60 Å². The summed E-state index contributed by atoms with van der Waals surface area (Å²) in [6, 6.07) is 3.89. The Morgan fingerprint density at radius 3 is 2.63 bits per heavy atom. The van der Waals surface area contributed by atoms with Gasteiger partial charge in [-0.1, -0.05) is 0 Å². The fourth-order valence-corrected chi connectivity index (χ4v) is 2.17. The van der Waals surface area contributed by atoms with E-state index in [1.165, 1.54) is 0 Å². The van der Waals surface area contributed by atoms with Gasteiger partial charge in [-0.05, 0) is 53.2 Å². The Morgan fingerprint density at radius 1 is 1.37 bits per heavy atom. The average Bonchev–Trinajstić information content (AvgIpc) is 3.05. The second-order valence-corrected chi connectivity index (χ2v) is 7.25. The standard InChI is InChI=1S/C19H34N4O3.HI/c1-7-20-17(22-13-11-16-9-8-14-25-16)21-12-10-15(2)23(6)18(24)26-19(3,4)5;/h8-9,14-15H,7,10-13H2,1-6H3,(H2,20,21,22);1H. The third-order valence-electron chi connectivity index (χ3n) is 3.75. The molecule has 1 aromatic rings. The lowest BCUT2D eigenvalue weighted by molar-refractivity contribution is 0.0231. The molecule has 0 aliphatic carbocycles. The van der Waals surface area contributed by atoms with Crippen LogP contribution >= 0.6 is 24.0 Å². The number of hydrogen-bond donors (Lipinski definition) is 2. The van der Waals surface area contributed by atoms with Crippen LogP contribution in [-0.2, 0) is 11.2 Å². The number of carbonyl (C=O) groups excluding carboxylic acids is 1. The summed E-state index contributed by atoms with van der Waals surface area (Å²) >= 11 is 0. The molecule has 1 heterocycles. The molecule has 2 N–H and O–H groups in total. The average molecular weight is 494 g/mol. The summed E-state index contributed by atoms with van der Waals surface area (Å²) in [4.78, 5) is 18.3. The first-order valence-electron chi connectivity index (χ1n) is 9.23. The Balaban J connectivity index is 0.00000676. The molecule has 1 aromatic heterocycles. The summed E-state index contributed by atoms with van der Waals surface area (Å²) < 4.78 is 10.7. The van der Waals surface area contributed by atoms with Gasteiger partial charge in [0.2, 0.25) is 0 Å². The second kappa shape index (κ2) is 12.9. The van der Waals surface area contributed by atoms with Crippen molar-refractivity contribution in [1.29, 1.82) is 0 Å². The number of hydrogen-bond acceptors (Lipinski definition) is 4. The first kappa shape index (κ1) is 25.6. The van der Waals surface area contributed by atoms with E-state index in [0.717, 1.165) is 37.7 Å². The number of rotatable bonds is 8. The summed E-state index contributed by atoms with van der Waals surface area (Å²) in [6.45, 7) is 11.8. The molecule has 0 saturated carbocycles. The van der Waals surface area contributed by atoms with Crippen molar-refractivity contribution < 1.29 is 13.9 Å². The van der Waals surface area contributed by atoms with Crippen molar-refractivity contribution in [2.75, 3.05) is 26.7 Å². The van der Waals surface area contributed by atoms with Gasteiger partial charge in [0.1, 0.15) is 11.4 Å². The van der Waals surface area contributed by atoms with Gasteiger partial charge in [-0.15, -0.1) is 24.0 Å². The molecule has 27 heavy (non-hydrogen) atoms. The monoisotopic (exact) mass is 494 g/mol. The van der Waals surface area contributed by atoms with Gasteiger partial charge < -0.3 is 24.7 Å². The molecular weight excluding hydrogens is 459 g/mol. The lowest BCUT2D eigenvalue weighted by Gasteiger charge is -2.28. The van der Waals surface area contributed by atoms with E-state index in [9.17, 15) is 4.79 Å². The molecule has 0 spiro atoms. The topological polar surface area (TPSA) is 79.1 Å². The molecule has 1 rings (SSSR count). The molecule has 0 aliphatic rings. The van der Waals surface area contributed by atoms with Crippen molar-refractivity contribution >= 4 is 36.0 Å². The number of aliphatic imine (C=N–C) groups is 1. The Labute approximate surface area is 180 Å². The van der Waals surface area contributed by atoms with Crippen LogP contribution in [0.25, 0.3) is 0 Å². The van der Waals surface area contributed by atoms with E-state index in [4.69, 9.17) is 9.15 Å². The van der Waals surface area contributed by atoms with E-state index in [0.29, 0.717) is 6.54 Å². The first-order chi connectivity index (χ1) is 12.2. The lowest BCUT2D eigenvalue weighted by Crippen LogP contribution is -2.40. The van der Waals surface area contributed by atoms with Gasteiger partial charge in [0.05, 0.1) is 6.26 Å². The fraction of sp³-hybridized carbons (Fsp3) is 0.684. The Bertz CT molecular complexity index is 556. The van der Waals surface area contributed by atoms with Crippen molar-refractivity contribution in [3.05, 3.63) is 24.2 Å². The Morgan fingerprint density at radius 2 is 2.07 bits per heavy atom. The molecule has 1 amide bonds. The van der Waals surface area contributed by atoms with Gasteiger partial charge in [-0.3, -0.25) is 4.99 Å². The number of amides is 1. The van der Waals surface area contributed by atoms with Crippen molar-refractivity contribution in [3.8, 4) is 0 Å². The van der Waals surface area contributed by atoms with Gasteiger partial charge in [-0.2, -0.15) is 0 Å². The summed E-state index contributed by atoms with van der Waals surface area (Å²) in [5.41, 5.74) is -0.487. The highest BCUT2D eigenvalue weighted by Crippen LogP contribution is 2.12. The lowest BCUT2D eigenvalue weighted by atomic mass is 10.2. The van der Waals surface area contributed by atoms with Crippen LogP contribution in [0.1, 0.15) is 46.8 Å². The Kier molecular flexibility index (Phi) is 12.2. The van der Waals surface area contributed by atoms with E-state index in [-0.39, 0.29) is 36.1 Å². The number of guanidine groups is 1. The minimum absolute atomic E-state index is 0. The van der Waals surface area contributed by atoms with E-state index in [2.05, 4.69) is 15.6 Å². The summed E-state index contributed by atoms with van der Waals surface area (Å²) in [5.74, 6) is 1.71. The van der Waals surface area contributed by atoms with Crippen molar-refractivity contribution in [1.82, 2.24) is 15.5 Å². The van der Waals surface area contributed by atoms with Gasteiger partial charge in [0, 0.05) is 39.1 Å². The molecular formula is C19H35IN4O3. The van der Waals surface area contributed by atoms with Crippen LogP contribution in [0.3, 0.4) is 0 Å². The van der Waals surface area contributed by atoms with Crippen LogP contribution in [0.2, 0.25) is 0 Å². The Hall–Kier alpha value is -1.45. The minimum atomic E-state index is -0.487. The normalized spacial score (nSPS) is 12.7. The number of ether oxygens (including phenoxy) is 1. The zero-order valence-corrected chi connectivity index (χ0v) is 19.7. The number of carbonyl (C=O) groups is 1. The smallest absolute Gasteiger partial charge is 0.410 e. The molecule has 1 unspecified atom stereocenters. The highest BCUT2D eigenvalue weighted by Gasteiger charge is 2.22. The SMILES string of the molecule is CCNC(=NCCC(C)N(C)C(=O)OC(C)(C)C)NCCc1ccco1.I. The molecule has 0 aliphatic heterocycles. The number of nitrogens with zero attached hydrogens (tertiary/aromatic N) is 2. The maximum atomic E-state index is 12.1. The third kappa shape index (κ3) is 11.1. The highest BCUT2D eigenvalue weighted by molar-refractivity contribution is 14.0. The van der Waals surface area contributed by atoms with Crippen molar-refractivity contribution in [3.63, 3.8) is 0 Å². The first-order valence-corrected chi connectivity index (χ1v) is 9.23. The van der Waals surface area contributed by atoms with Gasteiger partial charge >= 0.3 is 6.09 Å². The maximum absolute atomic E-state index is 12.1. The molecule has 0 aromatic carbocycles. The highest BCUT2D eigenvalue weighted by atomic mass is 127. The molecule has 7 nitrogen and oxygen atoms in total. The van der Waals surface area contributed by atoms with Crippen LogP contribution < -0.4 is 10.6 Å². The van der Waals surface area contributed by atoms with E-state index >= 15 is 0 Å². The largest absolute Gasteiger partial charge is 0.469 e. The number of halogens is 1. The maximum Gasteiger partial charge on any atom is 0.410 e. The summed E-state index contributed by atoms with van der Waals surface area (Å²) in [7, 11) is 1.76. The molecule has 0 fully saturated rings. The molecule has 156 valence electrons. The fourth-order valence-electron chi connectivity index (χ4n) is 2.17. The number of furan rings is 1. The second-order valence-electron chi connectivity index (χ2n) is 7.25.